The number of fused-ring (bicyclic) bond motifs is 1. The third-order valence-electron chi connectivity index (χ3n) is 2.69. The lowest BCUT2D eigenvalue weighted by molar-refractivity contribution is 0.0569. The Balaban J connectivity index is 1.93. The fourth-order valence-corrected chi connectivity index (χ4v) is 1.96. The van der Waals surface area contributed by atoms with Gasteiger partial charge in [0.05, 0.1) is 6.61 Å². The molecule has 3 atom stereocenters. The van der Waals surface area contributed by atoms with Gasteiger partial charge >= 0.3 is 0 Å². The second-order valence-electron chi connectivity index (χ2n) is 3.14. The molecular formula is C7H12O2. The number of ether oxygens (including phenoxy) is 1. The van der Waals surface area contributed by atoms with Crippen LogP contribution in [-0.4, -0.2) is 24.9 Å². The van der Waals surface area contributed by atoms with Gasteiger partial charge in [-0.15, -0.1) is 0 Å². The van der Waals surface area contributed by atoms with Gasteiger partial charge in [0.1, 0.15) is 0 Å². The SMILES string of the molecule is OCC1CC2COCC12. The van der Waals surface area contributed by atoms with Crippen LogP contribution in [0, 0.1) is 17.8 Å². The fraction of sp³-hybridized carbons (Fsp3) is 1.00. The van der Waals surface area contributed by atoms with E-state index in [1.807, 2.05) is 0 Å². The van der Waals surface area contributed by atoms with Gasteiger partial charge in [0, 0.05) is 13.2 Å². The average molecular weight is 128 g/mol. The number of hydrogen-bond acceptors (Lipinski definition) is 2. The van der Waals surface area contributed by atoms with Crippen molar-refractivity contribution in [3.63, 3.8) is 0 Å². The number of rotatable bonds is 1. The van der Waals surface area contributed by atoms with Crippen molar-refractivity contribution < 1.29 is 9.84 Å². The molecule has 2 fully saturated rings. The Hall–Kier alpha value is -0.0800. The Morgan fingerprint density at radius 1 is 1.44 bits per heavy atom. The van der Waals surface area contributed by atoms with Crippen molar-refractivity contribution in [2.75, 3.05) is 19.8 Å². The topological polar surface area (TPSA) is 29.5 Å². The van der Waals surface area contributed by atoms with E-state index >= 15 is 0 Å². The summed E-state index contributed by atoms with van der Waals surface area (Å²) in [5.74, 6) is 2.06. The molecule has 1 heterocycles. The fourth-order valence-electron chi connectivity index (χ4n) is 1.96. The van der Waals surface area contributed by atoms with Crippen LogP contribution in [0.1, 0.15) is 6.42 Å². The lowest BCUT2D eigenvalue weighted by atomic mass is 9.67. The molecule has 0 bridgehead atoms. The van der Waals surface area contributed by atoms with Gasteiger partial charge in [-0.3, -0.25) is 0 Å². The molecule has 2 rings (SSSR count). The monoisotopic (exact) mass is 128 g/mol. The highest BCUT2D eigenvalue weighted by Crippen LogP contribution is 2.43. The number of aliphatic hydroxyl groups is 1. The van der Waals surface area contributed by atoms with E-state index in [9.17, 15) is 0 Å². The molecule has 9 heavy (non-hydrogen) atoms. The Morgan fingerprint density at radius 2 is 2.33 bits per heavy atom. The van der Waals surface area contributed by atoms with Crippen LogP contribution in [-0.2, 0) is 4.74 Å². The summed E-state index contributed by atoms with van der Waals surface area (Å²) in [6.07, 6.45) is 1.20. The molecule has 0 aromatic rings. The van der Waals surface area contributed by atoms with E-state index in [0.717, 1.165) is 19.1 Å². The summed E-state index contributed by atoms with van der Waals surface area (Å²) in [6.45, 7) is 2.21. The molecule has 0 aromatic heterocycles. The van der Waals surface area contributed by atoms with Crippen molar-refractivity contribution in [2.24, 2.45) is 17.8 Å². The van der Waals surface area contributed by atoms with Crippen molar-refractivity contribution in [1.82, 2.24) is 0 Å². The average Bonchev–Trinajstić information content (AvgIpc) is 2.14. The van der Waals surface area contributed by atoms with Crippen LogP contribution in [0.15, 0.2) is 0 Å². The van der Waals surface area contributed by atoms with E-state index < -0.39 is 0 Å². The van der Waals surface area contributed by atoms with Crippen LogP contribution in [0.2, 0.25) is 0 Å². The maximum Gasteiger partial charge on any atom is 0.0501 e. The predicted octanol–water partition coefficient (Wildman–Crippen LogP) is 0.261. The summed E-state index contributed by atoms with van der Waals surface area (Å²) in [7, 11) is 0. The molecule has 0 amide bonds. The standard InChI is InChI=1S/C7H12O2/c8-2-5-1-6-3-9-4-7(5)6/h5-8H,1-4H2. The molecule has 1 saturated carbocycles. The molecule has 2 nitrogen and oxygen atoms in total. The molecule has 2 heteroatoms. The normalized spacial score (nSPS) is 48.3. The zero-order chi connectivity index (χ0) is 6.27. The van der Waals surface area contributed by atoms with E-state index in [-0.39, 0.29) is 0 Å². The van der Waals surface area contributed by atoms with Gasteiger partial charge in [-0.25, -0.2) is 0 Å². The highest BCUT2D eigenvalue weighted by Gasteiger charge is 2.43. The number of aliphatic hydroxyl groups excluding tert-OH is 1. The molecule has 1 aliphatic carbocycles. The Kier molecular flexibility index (Phi) is 1.24. The molecule has 1 aliphatic heterocycles. The van der Waals surface area contributed by atoms with E-state index in [1.165, 1.54) is 6.42 Å². The first-order valence-corrected chi connectivity index (χ1v) is 3.60. The molecule has 3 unspecified atom stereocenters. The maximum absolute atomic E-state index is 8.78. The number of hydrogen-bond donors (Lipinski definition) is 1. The third kappa shape index (κ3) is 0.700. The zero-order valence-electron chi connectivity index (χ0n) is 5.42. The van der Waals surface area contributed by atoms with Gasteiger partial charge in [0.2, 0.25) is 0 Å². The lowest BCUT2D eigenvalue weighted by Crippen LogP contribution is -2.37. The molecule has 2 aliphatic rings. The van der Waals surface area contributed by atoms with E-state index in [2.05, 4.69) is 0 Å². The van der Waals surface area contributed by atoms with Crippen LogP contribution in [0.4, 0.5) is 0 Å². The third-order valence-corrected chi connectivity index (χ3v) is 2.69. The van der Waals surface area contributed by atoms with Crippen molar-refractivity contribution in [3.05, 3.63) is 0 Å². The van der Waals surface area contributed by atoms with Crippen LogP contribution in [0.5, 0.6) is 0 Å². The smallest absolute Gasteiger partial charge is 0.0501 e. The van der Waals surface area contributed by atoms with Crippen molar-refractivity contribution >= 4 is 0 Å². The minimum atomic E-state index is 0.366. The van der Waals surface area contributed by atoms with E-state index in [4.69, 9.17) is 9.84 Å². The van der Waals surface area contributed by atoms with Crippen molar-refractivity contribution in [2.45, 2.75) is 6.42 Å². The minimum absolute atomic E-state index is 0.366. The van der Waals surface area contributed by atoms with Crippen molar-refractivity contribution in [3.8, 4) is 0 Å². The van der Waals surface area contributed by atoms with Gasteiger partial charge in [-0.1, -0.05) is 0 Å². The summed E-state index contributed by atoms with van der Waals surface area (Å²) < 4.78 is 5.25. The molecule has 1 saturated heterocycles. The van der Waals surface area contributed by atoms with Gasteiger partial charge in [0.25, 0.3) is 0 Å². The molecule has 1 N–H and O–H groups in total. The Morgan fingerprint density at radius 3 is 3.00 bits per heavy atom. The van der Waals surface area contributed by atoms with E-state index in [0.29, 0.717) is 18.4 Å². The van der Waals surface area contributed by atoms with Crippen molar-refractivity contribution in [1.29, 1.82) is 0 Å². The second-order valence-corrected chi connectivity index (χ2v) is 3.14. The summed E-state index contributed by atoms with van der Waals surface area (Å²) in [4.78, 5) is 0. The molecule has 0 aromatic carbocycles. The first-order chi connectivity index (χ1) is 4.42. The van der Waals surface area contributed by atoms with Gasteiger partial charge < -0.3 is 9.84 Å². The first kappa shape index (κ1) is 5.69. The quantitative estimate of drug-likeness (QED) is 0.549. The molecule has 0 spiro atoms. The van der Waals surface area contributed by atoms with Crippen LogP contribution >= 0.6 is 0 Å². The minimum Gasteiger partial charge on any atom is -0.396 e. The largest absolute Gasteiger partial charge is 0.396 e. The lowest BCUT2D eigenvalue weighted by Gasteiger charge is -2.37. The van der Waals surface area contributed by atoms with Gasteiger partial charge in [-0.2, -0.15) is 0 Å². The van der Waals surface area contributed by atoms with Gasteiger partial charge in [0.15, 0.2) is 0 Å². The highest BCUT2D eigenvalue weighted by molar-refractivity contribution is 4.91. The predicted molar refractivity (Wildman–Crippen MR) is 33.0 cm³/mol. The Bertz CT molecular complexity index is 113. The first-order valence-electron chi connectivity index (χ1n) is 3.60. The summed E-state index contributed by atoms with van der Waals surface area (Å²) in [5.41, 5.74) is 0. The maximum atomic E-state index is 8.78. The summed E-state index contributed by atoms with van der Waals surface area (Å²) >= 11 is 0. The summed E-state index contributed by atoms with van der Waals surface area (Å²) in [5, 5.41) is 8.78. The summed E-state index contributed by atoms with van der Waals surface area (Å²) in [6, 6.07) is 0. The highest BCUT2D eigenvalue weighted by atomic mass is 16.5. The molecular weight excluding hydrogens is 116 g/mol. The molecule has 0 radical (unpaired) electrons. The van der Waals surface area contributed by atoms with Crippen LogP contribution < -0.4 is 0 Å². The molecule has 52 valence electrons. The van der Waals surface area contributed by atoms with Crippen LogP contribution in [0.25, 0.3) is 0 Å². The van der Waals surface area contributed by atoms with E-state index in [1.54, 1.807) is 0 Å². The zero-order valence-corrected chi connectivity index (χ0v) is 5.42. The second kappa shape index (κ2) is 1.96. The van der Waals surface area contributed by atoms with Gasteiger partial charge in [-0.05, 0) is 24.2 Å². The Labute approximate surface area is 54.8 Å². The van der Waals surface area contributed by atoms with Crippen LogP contribution in [0.3, 0.4) is 0 Å².